The summed E-state index contributed by atoms with van der Waals surface area (Å²) in [6, 6.07) is 13.3. The molecule has 7 nitrogen and oxygen atoms in total. The first-order valence-corrected chi connectivity index (χ1v) is 9.59. The molecule has 10 heteroatoms. The lowest BCUT2D eigenvalue weighted by Crippen LogP contribution is -2.46. The molecule has 1 aliphatic rings. The van der Waals surface area contributed by atoms with Crippen molar-refractivity contribution in [3.05, 3.63) is 60.0 Å². The molecule has 4 aromatic rings. The molecule has 4 heterocycles. The van der Waals surface area contributed by atoms with Gasteiger partial charge in [-0.1, -0.05) is 24.3 Å². The smallest absolute Gasteiger partial charge is 0.353 e. The molecule has 0 atom stereocenters. The average molecular weight is 413 g/mol. The molecule has 0 N–H and O–H groups in total. The molecule has 0 unspecified atom stereocenters. The van der Waals surface area contributed by atoms with Crippen LogP contribution in [0.4, 0.5) is 19.0 Å². The van der Waals surface area contributed by atoms with E-state index in [4.69, 9.17) is 0 Å². The molecule has 3 aromatic heterocycles. The summed E-state index contributed by atoms with van der Waals surface area (Å²) >= 11 is 0. The van der Waals surface area contributed by atoms with Crippen LogP contribution in [0.25, 0.3) is 16.6 Å². The minimum Gasteiger partial charge on any atom is -0.353 e. The van der Waals surface area contributed by atoms with Gasteiger partial charge in [-0.25, -0.2) is 0 Å². The Morgan fingerprint density at radius 2 is 1.70 bits per heavy atom. The van der Waals surface area contributed by atoms with Crippen LogP contribution in [-0.2, 0) is 12.7 Å². The number of benzene rings is 1. The van der Waals surface area contributed by atoms with Crippen LogP contribution in [-0.4, -0.2) is 55.9 Å². The van der Waals surface area contributed by atoms with Gasteiger partial charge in [0, 0.05) is 44.3 Å². The molecular weight excluding hydrogens is 395 g/mol. The van der Waals surface area contributed by atoms with Gasteiger partial charge in [-0.2, -0.15) is 17.7 Å². The Kier molecular flexibility index (Phi) is 4.50. The largest absolute Gasteiger partial charge is 0.453 e. The second-order valence-electron chi connectivity index (χ2n) is 7.24. The first-order chi connectivity index (χ1) is 14.5. The minimum absolute atomic E-state index is 0.0770. The summed E-state index contributed by atoms with van der Waals surface area (Å²) < 4.78 is 40.1. The fourth-order valence-corrected chi connectivity index (χ4v) is 3.80. The average Bonchev–Trinajstić information content (AvgIpc) is 3.18. The van der Waals surface area contributed by atoms with Crippen LogP contribution in [0.15, 0.2) is 48.7 Å². The molecule has 0 amide bonds. The Bertz CT molecular complexity index is 1190. The van der Waals surface area contributed by atoms with E-state index >= 15 is 0 Å². The topological polar surface area (TPSA) is 62.5 Å². The number of aromatic nitrogens is 5. The predicted molar refractivity (Wildman–Crippen MR) is 105 cm³/mol. The second kappa shape index (κ2) is 7.21. The molecule has 0 radical (unpaired) electrons. The highest BCUT2D eigenvalue weighted by molar-refractivity contribution is 5.81. The van der Waals surface area contributed by atoms with Crippen LogP contribution in [0.5, 0.6) is 0 Å². The van der Waals surface area contributed by atoms with Crippen molar-refractivity contribution in [1.82, 2.24) is 29.7 Å². The zero-order valence-corrected chi connectivity index (χ0v) is 15.9. The molecule has 0 aliphatic carbocycles. The Morgan fingerprint density at radius 1 is 0.900 bits per heavy atom. The van der Waals surface area contributed by atoms with Crippen molar-refractivity contribution in [2.75, 3.05) is 31.1 Å². The van der Waals surface area contributed by atoms with Gasteiger partial charge in [-0.3, -0.25) is 9.88 Å². The highest BCUT2D eigenvalue weighted by atomic mass is 19.4. The summed E-state index contributed by atoms with van der Waals surface area (Å²) in [5.41, 5.74) is 2.25. The van der Waals surface area contributed by atoms with Crippen molar-refractivity contribution < 1.29 is 13.2 Å². The van der Waals surface area contributed by atoms with Crippen molar-refractivity contribution in [2.24, 2.45) is 0 Å². The van der Waals surface area contributed by atoms with E-state index in [-0.39, 0.29) is 5.65 Å². The number of fused-ring (bicyclic) bond motifs is 2. The third kappa shape index (κ3) is 3.43. The maximum absolute atomic E-state index is 13.1. The third-order valence-electron chi connectivity index (χ3n) is 5.31. The first kappa shape index (κ1) is 18.7. The van der Waals surface area contributed by atoms with Crippen molar-refractivity contribution in [1.29, 1.82) is 0 Å². The lowest BCUT2D eigenvalue weighted by atomic mass is 10.1. The van der Waals surface area contributed by atoms with E-state index in [0.717, 1.165) is 35.1 Å². The Hall–Kier alpha value is -3.27. The maximum Gasteiger partial charge on any atom is 0.453 e. The van der Waals surface area contributed by atoms with E-state index in [1.165, 1.54) is 11.6 Å². The van der Waals surface area contributed by atoms with Gasteiger partial charge in [0.2, 0.25) is 0 Å². The number of rotatable bonds is 3. The summed E-state index contributed by atoms with van der Waals surface area (Å²) in [7, 11) is 0. The molecule has 1 aliphatic heterocycles. The van der Waals surface area contributed by atoms with E-state index < -0.39 is 12.0 Å². The third-order valence-corrected chi connectivity index (χ3v) is 5.31. The Balaban J connectivity index is 1.31. The van der Waals surface area contributed by atoms with Crippen LogP contribution >= 0.6 is 0 Å². The van der Waals surface area contributed by atoms with Crippen LogP contribution in [0.3, 0.4) is 0 Å². The van der Waals surface area contributed by atoms with Gasteiger partial charge in [-0.15, -0.1) is 15.3 Å². The lowest BCUT2D eigenvalue weighted by molar-refractivity contribution is -0.146. The van der Waals surface area contributed by atoms with Gasteiger partial charge < -0.3 is 4.90 Å². The molecule has 154 valence electrons. The monoisotopic (exact) mass is 413 g/mol. The number of pyridine rings is 1. The summed E-state index contributed by atoms with van der Waals surface area (Å²) in [6.45, 7) is 3.66. The van der Waals surface area contributed by atoms with Crippen molar-refractivity contribution >= 4 is 22.4 Å². The molecule has 5 rings (SSSR count). The minimum atomic E-state index is -4.60. The predicted octanol–water partition coefficient (Wildman–Crippen LogP) is 3.01. The van der Waals surface area contributed by atoms with E-state index in [2.05, 4.69) is 31.2 Å². The fraction of sp³-hybridized carbons (Fsp3) is 0.300. The van der Waals surface area contributed by atoms with Gasteiger partial charge in [0.1, 0.15) is 5.82 Å². The number of piperazine rings is 1. The molecule has 0 spiro atoms. The summed E-state index contributed by atoms with van der Waals surface area (Å²) in [6.07, 6.45) is -2.80. The Labute approximate surface area is 169 Å². The van der Waals surface area contributed by atoms with E-state index in [1.807, 2.05) is 29.2 Å². The summed E-state index contributed by atoms with van der Waals surface area (Å²) in [5.74, 6) is -0.624. The van der Waals surface area contributed by atoms with Gasteiger partial charge in [0.05, 0.1) is 5.52 Å². The molecule has 0 saturated carbocycles. The van der Waals surface area contributed by atoms with E-state index in [9.17, 15) is 13.2 Å². The van der Waals surface area contributed by atoms with Gasteiger partial charge >= 0.3 is 6.18 Å². The standard InChI is InChI=1S/C20H18F3N7/c21-20(22,23)19-26-25-16-6-7-17(27-30(16)19)29-11-9-28(10-12-29)13-15-4-1-3-14-5-2-8-24-18(14)15/h1-8H,9-13H2. The van der Waals surface area contributed by atoms with Crippen molar-refractivity contribution in [2.45, 2.75) is 12.7 Å². The lowest BCUT2D eigenvalue weighted by Gasteiger charge is -2.35. The normalized spacial score (nSPS) is 15.9. The summed E-state index contributed by atoms with van der Waals surface area (Å²) in [4.78, 5) is 8.81. The second-order valence-corrected chi connectivity index (χ2v) is 7.24. The Morgan fingerprint density at radius 3 is 2.50 bits per heavy atom. The highest BCUT2D eigenvalue weighted by Crippen LogP contribution is 2.28. The summed E-state index contributed by atoms with van der Waals surface area (Å²) in [5, 5.41) is 12.0. The molecular formula is C20H18F3N7. The number of para-hydroxylation sites is 1. The van der Waals surface area contributed by atoms with Gasteiger partial charge in [-0.05, 0) is 23.8 Å². The van der Waals surface area contributed by atoms with Crippen LogP contribution in [0, 0.1) is 0 Å². The first-order valence-electron chi connectivity index (χ1n) is 9.59. The fourth-order valence-electron chi connectivity index (χ4n) is 3.80. The number of nitrogens with zero attached hydrogens (tertiary/aromatic N) is 7. The SMILES string of the molecule is FC(F)(F)c1nnc2ccc(N3CCN(Cc4cccc5cccnc45)CC3)nn12. The van der Waals surface area contributed by atoms with E-state index in [0.29, 0.717) is 18.9 Å². The zero-order chi connectivity index (χ0) is 20.7. The number of hydrogen-bond donors (Lipinski definition) is 0. The van der Waals surface area contributed by atoms with Crippen LogP contribution < -0.4 is 4.90 Å². The molecule has 1 aromatic carbocycles. The van der Waals surface area contributed by atoms with Gasteiger partial charge in [0.25, 0.3) is 5.82 Å². The highest BCUT2D eigenvalue weighted by Gasteiger charge is 2.37. The van der Waals surface area contributed by atoms with Crippen molar-refractivity contribution in [3.63, 3.8) is 0 Å². The van der Waals surface area contributed by atoms with Crippen LogP contribution in [0.1, 0.15) is 11.4 Å². The maximum atomic E-state index is 13.1. The number of anilines is 1. The number of halogens is 3. The quantitative estimate of drug-likeness (QED) is 0.515. The number of hydrogen-bond acceptors (Lipinski definition) is 6. The van der Waals surface area contributed by atoms with Crippen molar-refractivity contribution in [3.8, 4) is 0 Å². The van der Waals surface area contributed by atoms with E-state index in [1.54, 1.807) is 12.3 Å². The number of alkyl halides is 3. The van der Waals surface area contributed by atoms with Crippen LogP contribution in [0.2, 0.25) is 0 Å². The molecule has 1 saturated heterocycles. The zero-order valence-electron chi connectivity index (χ0n) is 15.9. The van der Waals surface area contributed by atoms with Gasteiger partial charge in [0.15, 0.2) is 5.65 Å². The molecule has 1 fully saturated rings. The molecule has 30 heavy (non-hydrogen) atoms. The molecule has 0 bridgehead atoms.